The van der Waals surface area contributed by atoms with Crippen LogP contribution in [0.4, 0.5) is 20.2 Å². The van der Waals surface area contributed by atoms with Crippen molar-refractivity contribution in [2.45, 2.75) is 5.92 Å². The van der Waals surface area contributed by atoms with E-state index in [-0.39, 0.29) is 17.1 Å². The predicted octanol–water partition coefficient (Wildman–Crippen LogP) is 1.61. The molecule has 1 aromatic rings. The Labute approximate surface area is 102 Å². The smallest absolute Gasteiger partial charge is 0.333 e. The third-order valence-corrected chi connectivity index (χ3v) is 2.24. The fourth-order valence-corrected chi connectivity index (χ4v) is 1.31. The molecule has 1 aromatic carbocycles. The molecule has 3 N–H and O–H groups in total. The SMILES string of the molecule is COc1cccc(NCC(F)(F)CN)c1[N+](=O)[O-]. The lowest BCUT2D eigenvalue weighted by Crippen LogP contribution is -2.35. The highest BCUT2D eigenvalue weighted by Gasteiger charge is 2.28. The van der Waals surface area contributed by atoms with Crippen LogP contribution in [0.25, 0.3) is 0 Å². The molecule has 0 spiro atoms. The molecule has 0 aliphatic rings. The van der Waals surface area contributed by atoms with E-state index in [1.807, 2.05) is 0 Å². The second-order valence-corrected chi connectivity index (χ2v) is 3.53. The molecule has 1 rings (SSSR count). The first-order valence-electron chi connectivity index (χ1n) is 5.04. The van der Waals surface area contributed by atoms with Crippen LogP contribution in [0.3, 0.4) is 0 Å². The molecule has 0 saturated heterocycles. The van der Waals surface area contributed by atoms with Crippen LogP contribution in [0.1, 0.15) is 0 Å². The molecule has 100 valence electrons. The summed E-state index contributed by atoms with van der Waals surface area (Å²) in [6.45, 7) is -1.62. The minimum Gasteiger partial charge on any atom is -0.490 e. The summed E-state index contributed by atoms with van der Waals surface area (Å²) in [6.07, 6.45) is 0. The summed E-state index contributed by atoms with van der Waals surface area (Å²) < 4.78 is 30.7. The number of rotatable bonds is 6. The van der Waals surface area contributed by atoms with E-state index in [9.17, 15) is 18.9 Å². The lowest BCUT2D eigenvalue weighted by Gasteiger charge is -2.15. The van der Waals surface area contributed by atoms with Crippen LogP contribution in [-0.4, -0.2) is 31.0 Å². The highest BCUT2D eigenvalue weighted by molar-refractivity contribution is 5.68. The molecule has 0 fully saturated rings. The van der Waals surface area contributed by atoms with E-state index in [1.54, 1.807) is 0 Å². The lowest BCUT2D eigenvalue weighted by atomic mass is 10.2. The molecule has 0 aliphatic carbocycles. The molecule has 0 unspecified atom stereocenters. The van der Waals surface area contributed by atoms with Crippen LogP contribution >= 0.6 is 0 Å². The van der Waals surface area contributed by atoms with E-state index < -0.39 is 23.9 Å². The molecule has 0 bridgehead atoms. The van der Waals surface area contributed by atoms with Gasteiger partial charge in [-0.05, 0) is 12.1 Å². The monoisotopic (exact) mass is 261 g/mol. The Hall–Kier alpha value is -1.96. The predicted molar refractivity (Wildman–Crippen MR) is 62.1 cm³/mol. The zero-order chi connectivity index (χ0) is 13.8. The van der Waals surface area contributed by atoms with Crippen LogP contribution in [0.5, 0.6) is 5.75 Å². The number of ether oxygens (including phenoxy) is 1. The molecule has 0 aromatic heterocycles. The number of anilines is 1. The molecule has 0 aliphatic heterocycles. The highest BCUT2D eigenvalue weighted by Crippen LogP contribution is 2.34. The van der Waals surface area contributed by atoms with Crippen LogP contribution in [0, 0.1) is 10.1 Å². The summed E-state index contributed by atoms with van der Waals surface area (Å²) in [5.74, 6) is -3.13. The second-order valence-electron chi connectivity index (χ2n) is 3.53. The fourth-order valence-electron chi connectivity index (χ4n) is 1.31. The second kappa shape index (κ2) is 5.58. The van der Waals surface area contributed by atoms with E-state index in [4.69, 9.17) is 10.5 Å². The Bertz CT molecular complexity index is 440. The Kier molecular flexibility index (Phi) is 4.38. The first-order chi connectivity index (χ1) is 8.41. The fraction of sp³-hybridized carbons (Fsp3) is 0.400. The number of nitro groups is 1. The number of alkyl halides is 2. The van der Waals surface area contributed by atoms with E-state index in [0.717, 1.165) is 0 Å². The van der Waals surface area contributed by atoms with Gasteiger partial charge in [0, 0.05) is 0 Å². The van der Waals surface area contributed by atoms with E-state index in [0.29, 0.717) is 0 Å². The topological polar surface area (TPSA) is 90.4 Å². The molecule has 0 saturated carbocycles. The third kappa shape index (κ3) is 3.27. The van der Waals surface area contributed by atoms with Crippen molar-refractivity contribution >= 4 is 11.4 Å². The van der Waals surface area contributed by atoms with Gasteiger partial charge in [-0.1, -0.05) is 6.07 Å². The van der Waals surface area contributed by atoms with Gasteiger partial charge >= 0.3 is 5.69 Å². The van der Waals surface area contributed by atoms with E-state index in [1.165, 1.54) is 25.3 Å². The number of methoxy groups -OCH3 is 1. The zero-order valence-corrected chi connectivity index (χ0v) is 9.65. The van der Waals surface area contributed by atoms with Gasteiger partial charge in [-0.25, -0.2) is 8.78 Å². The van der Waals surface area contributed by atoms with Crippen LogP contribution < -0.4 is 15.8 Å². The van der Waals surface area contributed by atoms with Gasteiger partial charge in [0.15, 0.2) is 5.75 Å². The summed E-state index contributed by atoms with van der Waals surface area (Å²) in [5.41, 5.74) is 4.46. The molecule has 0 amide bonds. The first kappa shape index (κ1) is 14.1. The Morgan fingerprint density at radius 3 is 2.72 bits per heavy atom. The number of benzene rings is 1. The van der Waals surface area contributed by atoms with Crippen molar-refractivity contribution in [3.63, 3.8) is 0 Å². The van der Waals surface area contributed by atoms with Gasteiger partial charge in [0.2, 0.25) is 0 Å². The summed E-state index contributed by atoms with van der Waals surface area (Å²) in [7, 11) is 1.26. The number of nitrogens with one attached hydrogen (secondary N) is 1. The molecular formula is C10H13F2N3O3. The summed E-state index contributed by atoms with van der Waals surface area (Å²) in [5, 5.41) is 13.2. The van der Waals surface area contributed by atoms with Gasteiger partial charge in [0.25, 0.3) is 5.92 Å². The maximum absolute atomic E-state index is 13.0. The number of hydrogen-bond acceptors (Lipinski definition) is 5. The maximum atomic E-state index is 13.0. The average Bonchev–Trinajstić information content (AvgIpc) is 2.35. The van der Waals surface area contributed by atoms with Gasteiger partial charge < -0.3 is 15.8 Å². The number of para-hydroxylation sites is 1. The molecule has 18 heavy (non-hydrogen) atoms. The van der Waals surface area contributed by atoms with Crippen LogP contribution in [-0.2, 0) is 0 Å². The Morgan fingerprint density at radius 2 is 2.22 bits per heavy atom. The minimum atomic E-state index is -3.13. The standard InChI is InChI=1S/C10H13F2N3O3/c1-18-8-4-2-3-7(9(8)15(16)17)14-6-10(11,12)5-13/h2-4,14H,5-6,13H2,1H3. The van der Waals surface area contributed by atoms with Crippen molar-refractivity contribution in [1.82, 2.24) is 0 Å². The van der Waals surface area contributed by atoms with Gasteiger partial charge in [0.1, 0.15) is 5.69 Å². The number of nitro benzene ring substituents is 1. The van der Waals surface area contributed by atoms with Crippen molar-refractivity contribution < 1.29 is 18.4 Å². The van der Waals surface area contributed by atoms with Crippen LogP contribution in [0.15, 0.2) is 18.2 Å². The van der Waals surface area contributed by atoms with E-state index >= 15 is 0 Å². The van der Waals surface area contributed by atoms with Crippen molar-refractivity contribution in [3.05, 3.63) is 28.3 Å². The van der Waals surface area contributed by atoms with Crippen LogP contribution in [0.2, 0.25) is 0 Å². The first-order valence-corrected chi connectivity index (χ1v) is 5.04. The quantitative estimate of drug-likeness (QED) is 0.599. The molecule has 6 nitrogen and oxygen atoms in total. The number of nitrogens with two attached hydrogens (primary N) is 1. The Morgan fingerprint density at radius 1 is 1.56 bits per heavy atom. The van der Waals surface area contributed by atoms with Crippen molar-refractivity contribution in [1.29, 1.82) is 0 Å². The highest BCUT2D eigenvalue weighted by atomic mass is 19.3. The summed E-state index contributed by atoms with van der Waals surface area (Å²) in [6, 6.07) is 4.17. The Balaban J connectivity index is 2.99. The number of hydrogen-bond donors (Lipinski definition) is 2. The van der Waals surface area contributed by atoms with Gasteiger partial charge in [-0.15, -0.1) is 0 Å². The number of halogens is 2. The molecule has 0 radical (unpaired) electrons. The molecule has 0 atom stereocenters. The maximum Gasteiger partial charge on any atom is 0.333 e. The number of nitrogens with zero attached hydrogens (tertiary/aromatic N) is 1. The van der Waals surface area contributed by atoms with Gasteiger partial charge in [-0.3, -0.25) is 10.1 Å². The zero-order valence-electron chi connectivity index (χ0n) is 9.65. The van der Waals surface area contributed by atoms with E-state index in [2.05, 4.69) is 5.32 Å². The van der Waals surface area contributed by atoms with Crippen molar-refractivity contribution in [2.24, 2.45) is 5.73 Å². The summed E-state index contributed by atoms with van der Waals surface area (Å²) >= 11 is 0. The lowest BCUT2D eigenvalue weighted by molar-refractivity contribution is -0.384. The van der Waals surface area contributed by atoms with Gasteiger partial charge in [-0.2, -0.15) is 0 Å². The van der Waals surface area contributed by atoms with Crippen molar-refractivity contribution in [2.75, 3.05) is 25.5 Å². The van der Waals surface area contributed by atoms with Crippen molar-refractivity contribution in [3.8, 4) is 5.75 Å². The molecular weight excluding hydrogens is 248 g/mol. The third-order valence-electron chi connectivity index (χ3n) is 2.24. The largest absolute Gasteiger partial charge is 0.490 e. The average molecular weight is 261 g/mol. The molecule has 0 heterocycles. The normalized spacial score (nSPS) is 11.1. The molecule has 8 heteroatoms. The van der Waals surface area contributed by atoms with Gasteiger partial charge in [0.05, 0.1) is 25.1 Å². The summed E-state index contributed by atoms with van der Waals surface area (Å²) in [4.78, 5) is 10.2. The minimum absolute atomic E-state index is 0.000986.